The second-order valence-corrected chi connectivity index (χ2v) is 3.84. The zero-order chi connectivity index (χ0) is 12.8. The molecule has 0 radical (unpaired) electrons. The third-order valence-electron chi connectivity index (χ3n) is 2.19. The summed E-state index contributed by atoms with van der Waals surface area (Å²) < 4.78 is 4.91. The van der Waals surface area contributed by atoms with E-state index in [-0.39, 0.29) is 18.6 Å². The maximum Gasteiger partial charge on any atom is 0.325 e. The second-order valence-electron chi connectivity index (χ2n) is 3.84. The van der Waals surface area contributed by atoms with Gasteiger partial charge in [0.05, 0.1) is 6.61 Å². The first-order valence-electron chi connectivity index (χ1n) is 5.56. The number of ether oxygens (including phenoxy) is 1. The van der Waals surface area contributed by atoms with Gasteiger partial charge in [-0.1, -0.05) is 0 Å². The predicted molar refractivity (Wildman–Crippen MR) is 65.6 cm³/mol. The van der Waals surface area contributed by atoms with Crippen molar-refractivity contribution in [1.29, 1.82) is 0 Å². The van der Waals surface area contributed by atoms with Crippen LogP contribution in [0.15, 0.2) is 12.1 Å². The monoisotopic (exact) mass is 238 g/mol. The molecule has 0 aliphatic rings. The first kappa shape index (κ1) is 13.2. The molecule has 0 amide bonds. The zero-order valence-corrected chi connectivity index (χ0v) is 10.4. The highest BCUT2D eigenvalue weighted by molar-refractivity contribution is 5.75. The van der Waals surface area contributed by atoms with E-state index in [9.17, 15) is 4.79 Å². The van der Waals surface area contributed by atoms with Crippen LogP contribution < -0.4 is 10.6 Å². The first-order chi connectivity index (χ1) is 8.04. The van der Waals surface area contributed by atoms with Crippen LogP contribution in [0.25, 0.3) is 0 Å². The van der Waals surface area contributed by atoms with Gasteiger partial charge >= 0.3 is 5.97 Å². The Morgan fingerprint density at radius 2 is 2.18 bits per heavy atom. The Morgan fingerprint density at radius 1 is 1.47 bits per heavy atom. The van der Waals surface area contributed by atoms with E-state index in [1.165, 1.54) is 0 Å². The minimum absolute atomic E-state index is 0.123. The van der Waals surface area contributed by atoms with Crippen LogP contribution in [0.2, 0.25) is 0 Å². The largest absolute Gasteiger partial charge is 0.465 e. The summed E-state index contributed by atoms with van der Waals surface area (Å²) in [7, 11) is 0. The van der Waals surface area contributed by atoms with Crippen LogP contribution in [0, 0.1) is 0 Å². The molecule has 0 unspecified atom stereocenters. The summed E-state index contributed by atoms with van der Waals surface area (Å²) in [4.78, 5) is 13.3. The number of nitrogen functional groups attached to an aromatic ring is 1. The summed E-state index contributed by atoms with van der Waals surface area (Å²) in [5.74, 6) is 0.690. The van der Waals surface area contributed by atoms with E-state index in [0.29, 0.717) is 18.2 Å². The Bertz CT molecular complexity index is 364. The van der Waals surface area contributed by atoms with E-state index in [1.807, 2.05) is 18.7 Å². The molecule has 0 fully saturated rings. The van der Waals surface area contributed by atoms with Gasteiger partial charge in [-0.05, 0) is 32.9 Å². The number of hydrogen-bond donors (Lipinski definition) is 1. The van der Waals surface area contributed by atoms with Gasteiger partial charge in [0.15, 0.2) is 5.82 Å². The van der Waals surface area contributed by atoms with Crippen molar-refractivity contribution in [3.8, 4) is 0 Å². The fourth-order valence-corrected chi connectivity index (χ4v) is 1.36. The Labute approximate surface area is 101 Å². The van der Waals surface area contributed by atoms with Crippen molar-refractivity contribution >= 4 is 17.6 Å². The van der Waals surface area contributed by atoms with Gasteiger partial charge in [0, 0.05) is 6.04 Å². The molecule has 1 aromatic heterocycles. The van der Waals surface area contributed by atoms with Crippen molar-refractivity contribution in [3.63, 3.8) is 0 Å². The fourth-order valence-electron chi connectivity index (χ4n) is 1.36. The van der Waals surface area contributed by atoms with Crippen LogP contribution >= 0.6 is 0 Å². The molecule has 6 heteroatoms. The van der Waals surface area contributed by atoms with Crippen molar-refractivity contribution in [2.24, 2.45) is 0 Å². The molecular formula is C11H18N4O2. The van der Waals surface area contributed by atoms with Crippen molar-refractivity contribution in [1.82, 2.24) is 10.2 Å². The Morgan fingerprint density at radius 3 is 2.65 bits per heavy atom. The van der Waals surface area contributed by atoms with Gasteiger partial charge in [-0.15, -0.1) is 10.2 Å². The second kappa shape index (κ2) is 6.03. The van der Waals surface area contributed by atoms with Gasteiger partial charge in [-0.2, -0.15) is 0 Å². The Balaban J connectivity index is 2.79. The Kier molecular flexibility index (Phi) is 4.68. The average molecular weight is 238 g/mol. The lowest BCUT2D eigenvalue weighted by Gasteiger charge is -2.26. The SMILES string of the molecule is CCOC(=O)CN(c1ccc(N)nn1)C(C)C. The number of rotatable bonds is 5. The van der Waals surface area contributed by atoms with Crippen LogP contribution in [0.3, 0.4) is 0 Å². The predicted octanol–water partition coefficient (Wildman–Crippen LogP) is 0.837. The van der Waals surface area contributed by atoms with E-state index in [2.05, 4.69) is 10.2 Å². The Hall–Kier alpha value is -1.85. The fraction of sp³-hybridized carbons (Fsp3) is 0.545. The van der Waals surface area contributed by atoms with Crippen LogP contribution in [0.1, 0.15) is 20.8 Å². The quantitative estimate of drug-likeness (QED) is 0.765. The van der Waals surface area contributed by atoms with Crippen LogP contribution in [0.4, 0.5) is 11.6 Å². The van der Waals surface area contributed by atoms with E-state index in [1.54, 1.807) is 19.1 Å². The molecule has 0 spiro atoms. The van der Waals surface area contributed by atoms with Crippen molar-refractivity contribution in [2.45, 2.75) is 26.8 Å². The summed E-state index contributed by atoms with van der Waals surface area (Å²) in [6.07, 6.45) is 0. The summed E-state index contributed by atoms with van der Waals surface area (Å²) >= 11 is 0. The van der Waals surface area contributed by atoms with Gasteiger partial charge < -0.3 is 15.4 Å². The molecule has 17 heavy (non-hydrogen) atoms. The minimum atomic E-state index is -0.278. The first-order valence-corrected chi connectivity index (χ1v) is 5.56. The standard InChI is InChI=1S/C11H18N4O2/c1-4-17-11(16)7-15(8(2)3)10-6-5-9(12)13-14-10/h5-6,8H,4,7H2,1-3H3,(H2,12,13). The molecule has 1 heterocycles. The maximum absolute atomic E-state index is 11.5. The van der Waals surface area contributed by atoms with Gasteiger partial charge in [0.2, 0.25) is 0 Å². The molecule has 0 aromatic carbocycles. The lowest BCUT2D eigenvalue weighted by atomic mass is 10.3. The smallest absolute Gasteiger partial charge is 0.325 e. The maximum atomic E-state index is 11.5. The lowest BCUT2D eigenvalue weighted by molar-refractivity contribution is -0.141. The molecule has 0 bridgehead atoms. The number of anilines is 2. The number of aromatic nitrogens is 2. The summed E-state index contributed by atoms with van der Waals surface area (Å²) in [6.45, 7) is 6.25. The molecule has 6 nitrogen and oxygen atoms in total. The third kappa shape index (κ3) is 3.90. The molecule has 1 aromatic rings. The van der Waals surface area contributed by atoms with Crippen molar-refractivity contribution in [2.75, 3.05) is 23.8 Å². The minimum Gasteiger partial charge on any atom is -0.465 e. The molecule has 0 saturated heterocycles. The number of carbonyl (C=O) groups excluding carboxylic acids is 1. The molecule has 1 rings (SSSR count). The highest BCUT2D eigenvalue weighted by Gasteiger charge is 2.16. The number of hydrogen-bond acceptors (Lipinski definition) is 6. The highest BCUT2D eigenvalue weighted by atomic mass is 16.5. The average Bonchev–Trinajstić information content (AvgIpc) is 2.27. The normalized spacial score (nSPS) is 10.4. The molecule has 0 aliphatic heterocycles. The van der Waals surface area contributed by atoms with Gasteiger partial charge in [-0.3, -0.25) is 4.79 Å². The number of nitrogens with zero attached hydrogens (tertiary/aromatic N) is 3. The van der Waals surface area contributed by atoms with E-state index >= 15 is 0 Å². The topological polar surface area (TPSA) is 81.3 Å². The molecule has 2 N–H and O–H groups in total. The molecule has 94 valence electrons. The van der Waals surface area contributed by atoms with Gasteiger partial charge in [0.25, 0.3) is 0 Å². The molecule has 0 aliphatic carbocycles. The van der Waals surface area contributed by atoms with E-state index in [4.69, 9.17) is 10.5 Å². The third-order valence-corrected chi connectivity index (χ3v) is 2.19. The highest BCUT2D eigenvalue weighted by Crippen LogP contribution is 2.13. The van der Waals surface area contributed by atoms with E-state index in [0.717, 1.165) is 0 Å². The van der Waals surface area contributed by atoms with Crippen molar-refractivity contribution in [3.05, 3.63) is 12.1 Å². The van der Waals surface area contributed by atoms with Crippen LogP contribution in [-0.4, -0.2) is 35.4 Å². The zero-order valence-electron chi connectivity index (χ0n) is 10.4. The number of nitrogens with two attached hydrogens (primary N) is 1. The summed E-state index contributed by atoms with van der Waals surface area (Å²) in [6, 6.07) is 3.52. The summed E-state index contributed by atoms with van der Waals surface area (Å²) in [5, 5.41) is 7.73. The van der Waals surface area contributed by atoms with E-state index < -0.39 is 0 Å². The van der Waals surface area contributed by atoms with Crippen molar-refractivity contribution < 1.29 is 9.53 Å². The van der Waals surface area contributed by atoms with Gasteiger partial charge in [0.1, 0.15) is 12.4 Å². The molecule has 0 atom stereocenters. The molecular weight excluding hydrogens is 220 g/mol. The molecule has 0 saturated carbocycles. The summed E-state index contributed by atoms with van der Waals surface area (Å²) in [5.41, 5.74) is 5.47. The van der Waals surface area contributed by atoms with Crippen LogP contribution in [-0.2, 0) is 9.53 Å². The van der Waals surface area contributed by atoms with Gasteiger partial charge in [-0.25, -0.2) is 0 Å². The number of esters is 1. The lowest BCUT2D eigenvalue weighted by Crippen LogP contribution is -2.37. The number of carbonyl (C=O) groups is 1. The van der Waals surface area contributed by atoms with Crippen LogP contribution in [0.5, 0.6) is 0 Å².